The predicted octanol–water partition coefficient (Wildman–Crippen LogP) is 3.22. The van der Waals surface area contributed by atoms with Crippen molar-refractivity contribution >= 4 is 28.7 Å². The Balaban J connectivity index is 1.83. The Morgan fingerprint density at radius 3 is 3.06 bits per heavy atom. The van der Waals surface area contributed by atoms with Crippen LogP contribution in [0.3, 0.4) is 0 Å². The summed E-state index contributed by atoms with van der Waals surface area (Å²) in [6, 6.07) is 7.24. The maximum Gasteiger partial charge on any atom is 0.157 e. The molecule has 1 unspecified atom stereocenters. The van der Waals surface area contributed by atoms with Gasteiger partial charge in [-0.15, -0.1) is 11.8 Å². The first kappa shape index (κ1) is 11.5. The molecule has 2 aliphatic rings. The van der Waals surface area contributed by atoms with E-state index in [-0.39, 0.29) is 0 Å². The van der Waals surface area contributed by atoms with Crippen LogP contribution < -0.4 is 5.32 Å². The fourth-order valence-electron chi connectivity index (χ4n) is 2.22. The second kappa shape index (κ2) is 4.94. The van der Waals surface area contributed by atoms with Gasteiger partial charge in [-0.1, -0.05) is 23.9 Å². The van der Waals surface area contributed by atoms with E-state index in [0.29, 0.717) is 6.04 Å². The molecule has 1 N–H and O–H groups in total. The van der Waals surface area contributed by atoms with Crippen LogP contribution in [0.1, 0.15) is 23.6 Å². The highest BCUT2D eigenvalue weighted by Crippen LogP contribution is 2.37. The summed E-state index contributed by atoms with van der Waals surface area (Å²) in [5.41, 5.74) is 2.80. The maximum atomic E-state index is 4.48. The van der Waals surface area contributed by atoms with Gasteiger partial charge in [-0.2, -0.15) is 0 Å². The van der Waals surface area contributed by atoms with Crippen LogP contribution in [0.25, 0.3) is 0 Å². The number of thioether (sulfide) groups is 2. The highest BCUT2D eigenvalue weighted by atomic mass is 32.2. The number of hydrogen-bond acceptors (Lipinski definition) is 4. The van der Waals surface area contributed by atoms with Gasteiger partial charge in [0.2, 0.25) is 0 Å². The van der Waals surface area contributed by atoms with Crippen LogP contribution in [0.4, 0.5) is 0 Å². The molecule has 1 atom stereocenters. The van der Waals surface area contributed by atoms with E-state index in [1.165, 1.54) is 28.2 Å². The first-order valence-corrected chi connectivity index (χ1v) is 7.97. The van der Waals surface area contributed by atoms with Crippen molar-refractivity contribution in [2.24, 2.45) is 4.99 Å². The Morgan fingerprint density at radius 1 is 1.29 bits per heavy atom. The quantitative estimate of drug-likeness (QED) is 0.843. The third-order valence-electron chi connectivity index (χ3n) is 3.09. The Morgan fingerprint density at radius 2 is 2.24 bits per heavy atom. The molecule has 1 aromatic rings. The molecule has 17 heavy (non-hydrogen) atoms. The lowest BCUT2D eigenvalue weighted by Gasteiger charge is -2.26. The molecule has 2 heterocycles. The lowest BCUT2D eigenvalue weighted by atomic mass is 10.0. The topological polar surface area (TPSA) is 24.4 Å². The van der Waals surface area contributed by atoms with Gasteiger partial charge in [0, 0.05) is 16.4 Å². The Labute approximate surface area is 111 Å². The second-order valence-corrected chi connectivity index (χ2v) is 6.63. The van der Waals surface area contributed by atoms with Crippen molar-refractivity contribution in [2.45, 2.75) is 24.3 Å². The molecule has 0 aliphatic carbocycles. The normalized spacial score (nSPS) is 23.1. The molecule has 0 aromatic heterocycles. The van der Waals surface area contributed by atoms with Crippen molar-refractivity contribution in [2.75, 3.05) is 18.1 Å². The van der Waals surface area contributed by atoms with E-state index < -0.39 is 0 Å². The van der Waals surface area contributed by atoms with Gasteiger partial charge in [-0.25, -0.2) is 0 Å². The molecule has 0 fully saturated rings. The van der Waals surface area contributed by atoms with Crippen molar-refractivity contribution < 1.29 is 0 Å². The molecule has 0 amide bonds. The number of nitrogens with one attached hydrogen (secondary N) is 1. The number of amidine groups is 1. The summed E-state index contributed by atoms with van der Waals surface area (Å²) in [5, 5.41) is 4.73. The third kappa shape index (κ3) is 2.47. The van der Waals surface area contributed by atoms with Crippen LogP contribution in [0.5, 0.6) is 0 Å². The van der Waals surface area contributed by atoms with E-state index in [1.807, 2.05) is 23.5 Å². The molecular weight excluding hydrogens is 248 g/mol. The lowest BCUT2D eigenvalue weighted by molar-refractivity contribution is 0.615. The van der Waals surface area contributed by atoms with Gasteiger partial charge in [0.1, 0.15) is 0 Å². The minimum atomic E-state index is 0.455. The molecule has 2 aliphatic heterocycles. The summed E-state index contributed by atoms with van der Waals surface area (Å²) in [5.74, 6) is 2.33. The molecule has 0 saturated carbocycles. The average molecular weight is 264 g/mol. The van der Waals surface area contributed by atoms with Gasteiger partial charge in [0.05, 0.1) is 12.6 Å². The standard InChI is InChI=1S/C13H16N2S2/c1-9-2-3-10-11(4-6-16-12(10)8-9)15-13-14-5-7-17-13/h2-3,8,11H,4-7H2,1H3,(H,14,15). The molecule has 1 aromatic carbocycles. The van der Waals surface area contributed by atoms with Gasteiger partial charge < -0.3 is 5.32 Å². The molecular formula is C13H16N2S2. The van der Waals surface area contributed by atoms with E-state index in [0.717, 1.165) is 17.5 Å². The van der Waals surface area contributed by atoms with Crippen LogP contribution >= 0.6 is 23.5 Å². The van der Waals surface area contributed by atoms with E-state index in [1.54, 1.807) is 0 Å². The Bertz CT molecular complexity index is 457. The smallest absolute Gasteiger partial charge is 0.157 e. The highest BCUT2D eigenvalue weighted by Gasteiger charge is 2.22. The fourth-order valence-corrected chi connectivity index (χ4v) is 4.22. The maximum absolute atomic E-state index is 4.48. The number of aryl methyl sites for hydroxylation is 1. The molecule has 3 rings (SSSR count). The number of rotatable bonds is 1. The first-order chi connectivity index (χ1) is 8.33. The summed E-state index contributed by atoms with van der Waals surface area (Å²) in [7, 11) is 0. The summed E-state index contributed by atoms with van der Waals surface area (Å²) in [6.45, 7) is 3.13. The van der Waals surface area contributed by atoms with E-state index in [4.69, 9.17) is 0 Å². The van der Waals surface area contributed by atoms with Crippen LogP contribution in [-0.4, -0.2) is 23.2 Å². The van der Waals surface area contributed by atoms with E-state index in [2.05, 4.69) is 35.4 Å². The summed E-state index contributed by atoms with van der Waals surface area (Å²) < 4.78 is 0. The van der Waals surface area contributed by atoms with Crippen molar-refractivity contribution in [3.05, 3.63) is 29.3 Å². The number of aliphatic imine (C=N–C) groups is 1. The average Bonchev–Trinajstić information content (AvgIpc) is 2.82. The number of fused-ring (bicyclic) bond motifs is 1. The molecule has 0 radical (unpaired) electrons. The Hall–Kier alpha value is -0.610. The largest absolute Gasteiger partial charge is 0.358 e. The molecule has 4 heteroatoms. The third-order valence-corrected chi connectivity index (χ3v) is 5.10. The van der Waals surface area contributed by atoms with Crippen LogP contribution in [0.2, 0.25) is 0 Å². The number of nitrogens with zero attached hydrogens (tertiary/aromatic N) is 1. The van der Waals surface area contributed by atoms with Crippen molar-refractivity contribution in [1.82, 2.24) is 5.32 Å². The zero-order valence-corrected chi connectivity index (χ0v) is 11.5. The van der Waals surface area contributed by atoms with Gasteiger partial charge in [-0.05, 0) is 30.5 Å². The van der Waals surface area contributed by atoms with Crippen molar-refractivity contribution in [3.8, 4) is 0 Å². The SMILES string of the molecule is Cc1ccc2c(c1)SCCC2NC1=NCCS1. The van der Waals surface area contributed by atoms with E-state index in [9.17, 15) is 0 Å². The molecule has 90 valence electrons. The first-order valence-electron chi connectivity index (χ1n) is 6.00. The second-order valence-electron chi connectivity index (χ2n) is 4.41. The fraction of sp³-hybridized carbons (Fsp3) is 0.462. The molecule has 0 bridgehead atoms. The van der Waals surface area contributed by atoms with Gasteiger partial charge in [-0.3, -0.25) is 4.99 Å². The van der Waals surface area contributed by atoms with Crippen LogP contribution in [0.15, 0.2) is 28.1 Å². The lowest BCUT2D eigenvalue weighted by Crippen LogP contribution is -2.28. The van der Waals surface area contributed by atoms with Gasteiger partial charge >= 0.3 is 0 Å². The molecule has 2 nitrogen and oxygen atoms in total. The van der Waals surface area contributed by atoms with Crippen molar-refractivity contribution in [1.29, 1.82) is 0 Å². The highest BCUT2D eigenvalue weighted by molar-refractivity contribution is 8.14. The van der Waals surface area contributed by atoms with Crippen LogP contribution in [-0.2, 0) is 0 Å². The molecule has 0 spiro atoms. The minimum Gasteiger partial charge on any atom is -0.358 e. The predicted molar refractivity (Wildman–Crippen MR) is 77.2 cm³/mol. The van der Waals surface area contributed by atoms with Crippen molar-refractivity contribution in [3.63, 3.8) is 0 Å². The zero-order chi connectivity index (χ0) is 11.7. The number of benzene rings is 1. The van der Waals surface area contributed by atoms with Crippen LogP contribution in [0, 0.1) is 6.92 Å². The monoisotopic (exact) mass is 264 g/mol. The van der Waals surface area contributed by atoms with E-state index >= 15 is 0 Å². The molecule has 0 saturated heterocycles. The van der Waals surface area contributed by atoms with Gasteiger partial charge in [0.25, 0.3) is 0 Å². The minimum absolute atomic E-state index is 0.455. The van der Waals surface area contributed by atoms with Gasteiger partial charge in [0.15, 0.2) is 5.17 Å². The summed E-state index contributed by atoms with van der Waals surface area (Å²) in [6.07, 6.45) is 1.19. The summed E-state index contributed by atoms with van der Waals surface area (Å²) in [4.78, 5) is 5.92. The summed E-state index contributed by atoms with van der Waals surface area (Å²) >= 11 is 3.82. The number of hydrogen-bond donors (Lipinski definition) is 1. The zero-order valence-electron chi connectivity index (χ0n) is 9.90. The Kier molecular flexibility index (Phi) is 3.34.